The lowest BCUT2D eigenvalue weighted by atomic mass is 10.0. The number of aromatic amines is 1. The van der Waals surface area contributed by atoms with Gasteiger partial charge in [-0.3, -0.25) is 19.1 Å². The van der Waals surface area contributed by atoms with E-state index in [-0.39, 0.29) is 30.0 Å². The summed E-state index contributed by atoms with van der Waals surface area (Å²) in [4.78, 5) is 58.8. The first-order valence-electron chi connectivity index (χ1n) is 12.1. The number of carbonyl (C=O) groups excluding carboxylic acids is 3. The number of anilines is 1. The molecule has 0 bridgehead atoms. The summed E-state index contributed by atoms with van der Waals surface area (Å²) in [6.45, 7) is 0.230. The maximum absolute atomic E-state index is 13.0. The first-order valence-corrected chi connectivity index (χ1v) is 12.1. The topological polar surface area (TPSA) is 184 Å². The van der Waals surface area contributed by atoms with Crippen molar-refractivity contribution in [2.75, 3.05) is 12.4 Å². The Balaban J connectivity index is 1.19. The van der Waals surface area contributed by atoms with Crippen molar-refractivity contribution in [1.29, 1.82) is 0 Å². The molecule has 5 N–H and O–H groups in total. The summed E-state index contributed by atoms with van der Waals surface area (Å²) in [6.07, 6.45) is 2.60. The largest absolute Gasteiger partial charge is 0.439 e. The number of carbonyl (C=O) groups is 3. The van der Waals surface area contributed by atoms with Crippen LogP contribution in [0.2, 0.25) is 0 Å². The van der Waals surface area contributed by atoms with Gasteiger partial charge < -0.3 is 21.3 Å². The van der Waals surface area contributed by atoms with Crippen LogP contribution in [0.3, 0.4) is 0 Å². The summed E-state index contributed by atoms with van der Waals surface area (Å²) in [5, 5.41) is 14.6. The number of fused-ring (bicyclic) bond motifs is 1. The Kier molecular flexibility index (Phi) is 7.12. The fraction of sp³-hybridized carbons (Fsp3) is 0.192. The molecule has 39 heavy (non-hydrogen) atoms. The summed E-state index contributed by atoms with van der Waals surface area (Å²) in [5.74, 6) is -1.16. The lowest BCUT2D eigenvalue weighted by molar-refractivity contribution is 0.0931. The highest BCUT2D eigenvalue weighted by Crippen LogP contribution is 2.33. The Morgan fingerprint density at radius 2 is 1.79 bits per heavy atom. The molecule has 0 saturated carbocycles. The lowest BCUT2D eigenvalue weighted by Gasteiger charge is -2.14. The monoisotopic (exact) mass is 528 g/mol. The molecule has 1 aliphatic carbocycles. The Morgan fingerprint density at radius 3 is 2.51 bits per heavy atom. The SMILES string of the molecule is CNC(=O)Nc1ccc(CNC(=O)c2cc(C(=O)N[C@H]3CCc4cc(-c5noc(=O)[nH]5)ccc43)ncn2)cc1. The molecule has 1 atom stereocenters. The summed E-state index contributed by atoms with van der Waals surface area (Å²) in [6, 6.07) is 13.4. The van der Waals surface area contributed by atoms with Crippen molar-refractivity contribution < 1.29 is 18.9 Å². The van der Waals surface area contributed by atoms with E-state index in [9.17, 15) is 19.2 Å². The van der Waals surface area contributed by atoms with E-state index < -0.39 is 17.6 Å². The van der Waals surface area contributed by atoms with Gasteiger partial charge in [-0.1, -0.05) is 29.4 Å². The molecule has 5 rings (SSSR count). The number of nitrogens with one attached hydrogen (secondary N) is 5. The minimum absolute atomic E-state index is 0.0612. The number of nitrogens with zero attached hydrogens (tertiary/aromatic N) is 3. The molecular weight excluding hydrogens is 504 g/mol. The molecule has 13 nitrogen and oxygen atoms in total. The number of aromatic nitrogens is 4. The first-order chi connectivity index (χ1) is 18.9. The smallest absolute Gasteiger partial charge is 0.347 e. The van der Waals surface area contributed by atoms with Gasteiger partial charge in [-0.15, -0.1) is 0 Å². The molecule has 0 saturated heterocycles. The third-order valence-corrected chi connectivity index (χ3v) is 6.26. The van der Waals surface area contributed by atoms with Crippen LogP contribution in [-0.4, -0.2) is 45.0 Å². The van der Waals surface area contributed by atoms with Crippen molar-refractivity contribution in [3.05, 3.63) is 93.5 Å². The van der Waals surface area contributed by atoms with E-state index in [1.165, 1.54) is 19.4 Å². The number of amides is 4. The zero-order valence-electron chi connectivity index (χ0n) is 20.8. The number of rotatable bonds is 7. The molecule has 2 aromatic heterocycles. The second-order valence-electron chi connectivity index (χ2n) is 8.79. The van der Waals surface area contributed by atoms with Crippen LogP contribution in [-0.2, 0) is 13.0 Å². The zero-order chi connectivity index (χ0) is 27.4. The maximum Gasteiger partial charge on any atom is 0.439 e. The summed E-state index contributed by atoms with van der Waals surface area (Å²) >= 11 is 0. The van der Waals surface area contributed by atoms with Gasteiger partial charge in [0.25, 0.3) is 11.8 Å². The molecule has 0 radical (unpaired) electrons. The van der Waals surface area contributed by atoms with Crippen LogP contribution < -0.4 is 27.0 Å². The van der Waals surface area contributed by atoms with Crippen molar-refractivity contribution in [2.45, 2.75) is 25.4 Å². The van der Waals surface area contributed by atoms with Crippen molar-refractivity contribution in [3.8, 4) is 11.4 Å². The van der Waals surface area contributed by atoms with Crippen molar-refractivity contribution >= 4 is 23.5 Å². The van der Waals surface area contributed by atoms with Gasteiger partial charge in [0.15, 0.2) is 5.82 Å². The van der Waals surface area contributed by atoms with E-state index in [2.05, 4.69) is 45.9 Å². The van der Waals surface area contributed by atoms with E-state index in [1.807, 2.05) is 12.1 Å². The molecule has 0 fully saturated rings. The molecular formula is C26H24N8O5. The van der Waals surface area contributed by atoms with Crippen molar-refractivity contribution in [3.63, 3.8) is 0 Å². The molecule has 13 heteroatoms. The van der Waals surface area contributed by atoms with E-state index in [0.717, 1.165) is 28.7 Å². The van der Waals surface area contributed by atoms with Gasteiger partial charge in [-0.2, -0.15) is 0 Å². The van der Waals surface area contributed by atoms with Crippen molar-refractivity contribution in [1.82, 2.24) is 36.1 Å². The second-order valence-corrected chi connectivity index (χ2v) is 8.79. The molecule has 1 aliphatic rings. The Labute approximate surface area is 221 Å². The molecule has 2 heterocycles. The number of H-pyrrole nitrogens is 1. The second kappa shape index (κ2) is 11.0. The summed E-state index contributed by atoms with van der Waals surface area (Å²) in [5.41, 5.74) is 4.28. The van der Waals surface area contributed by atoms with E-state index in [0.29, 0.717) is 17.9 Å². The summed E-state index contributed by atoms with van der Waals surface area (Å²) in [7, 11) is 1.53. The predicted octanol–water partition coefficient (Wildman–Crippen LogP) is 1.92. The average Bonchev–Trinajstić information content (AvgIpc) is 3.58. The van der Waals surface area contributed by atoms with E-state index in [1.54, 1.807) is 30.3 Å². The van der Waals surface area contributed by atoms with Crippen LogP contribution in [0.15, 0.2) is 64.2 Å². The van der Waals surface area contributed by atoms with Crippen LogP contribution in [0.25, 0.3) is 11.4 Å². The standard InChI is InChI=1S/C26H24N8O5/c1-27-25(37)31-17-6-2-14(3-7-17)12-28-23(35)20-11-21(30-13-29-20)24(36)32-19-9-5-15-10-16(4-8-18(15)19)22-33-26(38)39-34-22/h2-4,6-8,10-11,13,19H,5,9,12H2,1H3,(H,28,35)(H,32,36)(H2,27,31,37)(H,33,34,38)/t19-/m0/s1. The van der Waals surface area contributed by atoms with E-state index in [4.69, 9.17) is 0 Å². The number of hydrogen-bond acceptors (Lipinski definition) is 8. The fourth-order valence-corrected chi connectivity index (χ4v) is 4.28. The zero-order valence-corrected chi connectivity index (χ0v) is 20.8. The molecule has 4 aromatic rings. The van der Waals surface area contributed by atoms with Gasteiger partial charge >= 0.3 is 11.8 Å². The number of urea groups is 1. The normalized spacial score (nSPS) is 13.8. The third-order valence-electron chi connectivity index (χ3n) is 6.26. The van der Waals surface area contributed by atoms with Gasteiger partial charge in [-0.25, -0.2) is 19.6 Å². The first kappa shape index (κ1) is 25.3. The highest BCUT2D eigenvalue weighted by Gasteiger charge is 2.26. The third kappa shape index (κ3) is 5.82. The minimum Gasteiger partial charge on any atom is -0.347 e. The van der Waals surface area contributed by atoms with Crippen LogP contribution in [0, 0.1) is 0 Å². The van der Waals surface area contributed by atoms with Crippen LogP contribution in [0.4, 0.5) is 10.5 Å². The Hall–Kier alpha value is -5.33. The lowest BCUT2D eigenvalue weighted by Crippen LogP contribution is -2.29. The van der Waals surface area contributed by atoms with Gasteiger partial charge in [0.1, 0.15) is 17.7 Å². The van der Waals surface area contributed by atoms with E-state index >= 15 is 0 Å². The van der Waals surface area contributed by atoms with Gasteiger partial charge in [0.2, 0.25) is 0 Å². The average molecular weight is 529 g/mol. The molecule has 0 spiro atoms. The number of hydrogen-bond donors (Lipinski definition) is 5. The van der Waals surface area contributed by atoms with Gasteiger partial charge in [-0.05, 0) is 47.7 Å². The molecule has 0 aliphatic heterocycles. The maximum atomic E-state index is 13.0. The van der Waals surface area contributed by atoms with Crippen molar-refractivity contribution in [2.24, 2.45) is 0 Å². The van der Waals surface area contributed by atoms with Gasteiger partial charge in [0, 0.05) is 30.9 Å². The van der Waals surface area contributed by atoms with Crippen LogP contribution in [0.1, 0.15) is 50.1 Å². The molecule has 2 aromatic carbocycles. The Morgan fingerprint density at radius 1 is 1.03 bits per heavy atom. The fourth-order valence-electron chi connectivity index (χ4n) is 4.28. The van der Waals surface area contributed by atoms with Crippen LogP contribution >= 0.6 is 0 Å². The number of benzene rings is 2. The molecule has 0 unspecified atom stereocenters. The van der Waals surface area contributed by atoms with Gasteiger partial charge in [0.05, 0.1) is 6.04 Å². The number of aryl methyl sites for hydroxylation is 1. The predicted molar refractivity (Wildman–Crippen MR) is 139 cm³/mol. The van der Waals surface area contributed by atoms with Crippen LogP contribution in [0.5, 0.6) is 0 Å². The molecule has 4 amide bonds. The highest BCUT2D eigenvalue weighted by atomic mass is 16.5. The highest BCUT2D eigenvalue weighted by molar-refractivity contribution is 5.97. The Bertz CT molecular complexity index is 1590. The molecule has 198 valence electrons. The quantitative estimate of drug-likeness (QED) is 0.241. The minimum atomic E-state index is -0.626. The summed E-state index contributed by atoms with van der Waals surface area (Å²) < 4.78 is 4.57.